The lowest BCUT2D eigenvalue weighted by Crippen LogP contribution is -2.38. The fourth-order valence-corrected chi connectivity index (χ4v) is 2.89. The van der Waals surface area contributed by atoms with Crippen LogP contribution in [0, 0.1) is 0 Å². The summed E-state index contributed by atoms with van der Waals surface area (Å²) in [5, 5.41) is 0. The van der Waals surface area contributed by atoms with Gasteiger partial charge in [-0.2, -0.15) is 0 Å². The number of hydrogen-bond acceptors (Lipinski definition) is 2. The molecule has 2 nitrogen and oxygen atoms in total. The van der Waals surface area contributed by atoms with Crippen LogP contribution in [0.4, 0.5) is 0 Å². The van der Waals surface area contributed by atoms with Gasteiger partial charge in [0.15, 0.2) is 0 Å². The zero-order chi connectivity index (χ0) is 14.0. The molecule has 0 radical (unpaired) electrons. The molecule has 0 saturated carbocycles. The Morgan fingerprint density at radius 2 is 1.95 bits per heavy atom. The van der Waals surface area contributed by atoms with Gasteiger partial charge in [-0.1, -0.05) is 49.4 Å². The van der Waals surface area contributed by atoms with Gasteiger partial charge in [-0.15, -0.1) is 0 Å². The van der Waals surface area contributed by atoms with Crippen LogP contribution in [0.15, 0.2) is 48.5 Å². The molecule has 2 heteroatoms. The largest absolute Gasteiger partial charge is 0.493 e. The Bertz CT molecular complexity index is 594. The maximum atomic E-state index is 6.70. The Morgan fingerprint density at radius 1 is 1.15 bits per heavy atom. The molecule has 1 unspecified atom stereocenters. The lowest BCUT2D eigenvalue weighted by atomic mass is 9.82. The van der Waals surface area contributed by atoms with Gasteiger partial charge < -0.3 is 10.5 Å². The second kappa shape index (κ2) is 5.29. The first-order valence-corrected chi connectivity index (χ1v) is 7.30. The third-order valence-electron chi connectivity index (χ3n) is 4.26. The van der Waals surface area contributed by atoms with Crippen LogP contribution in [-0.4, -0.2) is 6.61 Å². The van der Waals surface area contributed by atoms with Gasteiger partial charge in [0.05, 0.1) is 6.61 Å². The zero-order valence-corrected chi connectivity index (χ0v) is 11.9. The van der Waals surface area contributed by atoms with Crippen LogP contribution in [0.3, 0.4) is 0 Å². The topological polar surface area (TPSA) is 35.2 Å². The van der Waals surface area contributed by atoms with Crippen molar-refractivity contribution in [3.8, 4) is 5.75 Å². The van der Waals surface area contributed by atoms with Crippen molar-refractivity contribution in [3.05, 3.63) is 65.2 Å². The molecule has 0 aromatic heterocycles. The highest BCUT2D eigenvalue weighted by Gasteiger charge is 2.27. The Morgan fingerprint density at radius 3 is 2.70 bits per heavy atom. The van der Waals surface area contributed by atoms with Gasteiger partial charge in [0.1, 0.15) is 5.75 Å². The normalized spacial score (nSPS) is 16.3. The van der Waals surface area contributed by atoms with Crippen LogP contribution >= 0.6 is 0 Å². The van der Waals surface area contributed by atoms with Crippen molar-refractivity contribution in [1.29, 1.82) is 0 Å². The molecule has 0 bridgehead atoms. The molecule has 1 aliphatic rings. The molecule has 1 heterocycles. The molecule has 0 aliphatic carbocycles. The molecule has 0 spiro atoms. The van der Waals surface area contributed by atoms with Gasteiger partial charge in [0.25, 0.3) is 0 Å². The van der Waals surface area contributed by atoms with E-state index in [4.69, 9.17) is 10.5 Å². The van der Waals surface area contributed by atoms with E-state index in [1.54, 1.807) is 0 Å². The highest BCUT2D eigenvalue weighted by Crippen LogP contribution is 2.32. The van der Waals surface area contributed by atoms with E-state index in [0.29, 0.717) is 0 Å². The van der Waals surface area contributed by atoms with Crippen LogP contribution in [0.2, 0.25) is 0 Å². The van der Waals surface area contributed by atoms with Crippen LogP contribution in [0.25, 0.3) is 0 Å². The first-order valence-electron chi connectivity index (χ1n) is 7.30. The van der Waals surface area contributed by atoms with Crippen LogP contribution in [-0.2, 0) is 18.4 Å². The van der Waals surface area contributed by atoms with Crippen molar-refractivity contribution in [2.45, 2.75) is 31.7 Å². The van der Waals surface area contributed by atoms with E-state index in [1.165, 1.54) is 16.7 Å². The predicted octanol–water partition coefficient (Wildman–Crippen LogP) is 3.43. The van der Waals surface area contributed by atoms with E-state index in [-0.39, 0.29) is 5.54 Å². The van der Waals surface area contributed by atoms with Gasteiger partial charge in [-0.25, -0.2) is 0 Å². The van der Waals surface area contributed by atoms with Gasteiger partial charge in [0, 0.05) is 12.0 Å². The Balaban J connectivity index is 1.92. The van der Waals surface area contributed by atoms with Crippen molar-refractivity contribution >= 4 is 0 Å². The molecule has 2 aromatic carbocycles. The minimum Gasteiger partial charge on any atom is -0.493 e. The number of nitrogens with two attached hydrogens (primary N) is 1. The molecule has 2 N–H and O–H groups in total. The Kier molecular flexibility index (Phi) is 3.49. The van der Waals surface area contributed by atoms with Crippen molar-refractivity contribution in [2.75, 3.05) is 6.61 Å². The van der Waals surface area contributed by atoms with Gasteiger partial charge in [-0.3, -0.25) is 0 Å². The summed E-state index contributed by atoms with van der Waals surface area (Å²) in [6.07, 6.45) is 2.78. The van der Waals surface area contributed by atoms with Crippen molar-refractivity contribution in [2.24, 2.45) is 5.73 Å². The molecule has 2 aromatic rings. The van der Waals surface area contributed by atoms with Crippen LogP contribution in [0.5, 0.6) is 5.75 Å². The summed E-state index contributed by atoms with van der Waals surface area (Å²) in [5.74, 6) is 1.02. The molecular weight excluding hydrogens is 246 g/mol. The highest BCUT2D eigenvalue weighted by molar-refractivity contribution is 5.42. The third kappa shape index (κ3) is 2.44. The number of ether oxygens (including phenoxy) is 1. The molecule has 1 aliphatic heterocycles. The average Bonchev–Trinajstić information content (AvgIpc) is 2.95. The van der Waals surface area contributed by atoms with Gasteiger partial charge in [-0.05, 0) is 35.6 Å². The summed E-state index contributed by atoms with van der Waals surface area (Å²) in [7, 11) is 0. The van der Waals surface area contributed by atoms with Crippen LogP contribution in [0.1, 0.15) is 30.0 Å². The van der Waals surface area contributed by atoms with Crippen molar-refractivity contribution < 1.29 is 4.74 Å². The molecule has 104 valence electrons. The first kappa shape index (κ1) is 13.2. The van der Waals surface area contributed by atoms with Gasteiger partial charge >= 0.3 is 0 Å². The minimum absolute atomic E-state index is 0.307. The van der Waals surface area contributed by atoms with E-state index in [2.05, 4.69) is 49.4 Å². The number of hydrogen-bond donors (Lipinski definition) is 1. The number of fused-ring (bicyclic) bond motifs is 1. The standard InChI is InChI=1S/C18H21NO/c1-2-18(19,13-14-6-4-3-5-7-14)16-8-9-17-15(12-16)10-11-20-17/h3-9,12H,2,10-11,13,19H2,1H3. The van der Waals surface area contributed by atoms with E-state index >= 15 is 0 Å². The maximum absolute atomic E-state index is 6.70. The molecule has 20 heavy (non-hydrogen) atoms. The zero-order valence-electron chi connectivity index (χ0n) is 11.9. The summed E-state index contributed by atoms with van der Waals surface area (Å²) in [6, 6.07) is 16.9. The summed E-state index contributed by atoms with van der Waals surface area (Å²) >= 11 is 0. The lowest BCUT2D eigenvalue weighted by Gasteiger charge is -2.29. The van der Waals surface area contributed by atoms with Crippen molar-refractivity contribution in [3.63, 3.8) is 0 Å². The second-order valence-electron chi connectivity index (χ2n) is 5.59. The monoisotopic (exact) mass is 267 g/mol. The summed E-state index contributed by atoms with van der Waals surface area (Å²) in [6.45, 7) is 2.95. The fraction of sp³-hybridized carbons (Fsp3) is 0.333. The third-order valence-corrected chi connectivity index (χ3v) is 4.26. The summed E-state index contributed by atoms with van der Waals surface area (Å²) in [5.41, 5.74) is 10.2. The number of rotatable bonds is 4. The molecule has 0 saturated heterocycles. The molecule has 1 atom stereocenters. The lowest BCUT2D eigenvalue weighted by molar-refractivity contribution is 0.356. The smallest absolute Gasteiger partial charge is 0.122 e. The van der Waals surface area contributed by atoms with E-state index in [1.807, 2.05) is 6.07 Å². The Labute approximate surface area is 120 Å². The Hall–Kier alpha value is -1.80. The SMILES string of the molecule is CCC(N)(Cc1ccccc1)c1ccc2c(c1)CCO2. The van der Waals surface area contributed by atoms with E-state index < -0.39 is 0 Å². The predicted molar refractivity (Wildman–Crippen MR) is 81.9 cm³/mol. The highest BCUT2D eigenvalue weighted by atomic mass is 16.5. The molecule has 0 amide bonds. The first-order chi connectivity index (χ1) is 9.71. The van der Waals surface area contributed by atoms with Crippen molar-refractivity contribution in [1.82, 2.24) is 0 Å². The van der Waals surface area contributed by atoms with Gasteiger partial charge in [0.2, 0.25) is 0 Å². The summed E-state index contributed by atoms with van der Waals surface area (Å²) < 4.78 is 5.58. The molecular formula is C18H21NO. The van der Waals surface area contributed by atoms with E-state index in [0.717, 1.165) is 31.6 Å². The molecule has 3 rings (SSSR count). The quantitative estimate of drug-likeness (QED) is 0.921. The average molecular weight is 267 g/mol. The molecule has 0 fully saturated rings. The second-order valence-corrected chi connectivity index (χ2v) is 5.59. The maximum Gasteiger partial charge on any atom is 0.122 e. The fourth-order valence-electron chi connectivity index (χ4n) is 2.89. The minimum atomic E-state index is -0.307. The van der Waals surface area contributed by atoms with E-state index in [9.17, 15) is 0 Å². The summed E-state index contributed by atoms with van der Waals surface area (Å²) in [4.78, 5) is 0. The number of benzene rings is 2. The van der Waals surface area contributed by atoms with Crippen LogP contribution < -0.4 is 10.5 Å².